The third kappa shape index (κ3) is 5.55. The van der Waals surface area contributed by atoms with Gasteiger partial charge in [-0.1, -0.05) is 29.8 Å². The van der Waals surface area contributed by atoms with Crippen LogP contribution in [0.25, 0.3) is 0 Å². The summed E-state index contributed by atoms with van der Waals surface area (Å²) in [6, 6.07) is 14.2. The minimum atomic E-state index is 0.0504. The zero-order valence-electron chi connectivity index (χ0n) is 16.5. The molecule has 27 heavy (non-hydrogen) atoms. The molecule has 0 saturated carbocycles. The van der Waals surface area contributed by atoms with Crippen molar-refractivity contribution in [1.29, 1.82) is 0 Å². The third-order valence-electron chi connectivity index (χ3n) is 4.96. The Kier molecular flexibility index (Phi) is 6.48. The first-order chi connectivity index (χ1) is 13.0. The van der Waals surface area contributed by atoms with Crippen molar-refractivity contribution in [3.05, 3.63) is 59.2 Å². The Morgan fingerprint density at radius 1 is 1.00 bits per heavy atom. The highest BCUT2D eigenvalue weighted by atomic mass is 16.5. The topological polar surface area (TPSA) is 44.8 Å². The average molecular weight is 367 g/mol. The molecule has 2 aromatic rings. The maximum absolute atomic E-state index is 12.3. The smallest absolute Gasteiger partial charge is 0.238 e. The molecular weight excluding hydrogens is 338 g/mol. The average Bonchev–Trinajstić information content (AvgIpc) is 2.63. The van der Waals surface area contributed by atoms with Crippen molar-refractivity contribution in [2.45, 2.75) is 20.4 Å². The minimum absolute atomic E-state index is 0.0504. The summed E-state index contributed by atoms with van der Waals surface area (Å²) in [6.45, 7) is 9.16. The number of rotatable bonds is 6. The molecule has 1 heterocycles. The Morgan fingerprint density at radius 2 is 1.70 bits per heavy atom. The lowest BCUT2D eigenvalue weighted by molar-refractivity contribution is -0.117. The number of nitrogens with one attached hydrogen (secondary N) is 1. The van der Waals surface area contributed by atoms with Crippen molar-refractivity contribution < 1.29 is 9.53 Å². The molecule has 144 valence electrons. The van der Waals surface area contributed by atoms with Gasteiger partial charge in [0.2, 0.25) is 5.91 Å². The monoisotopic (exact) mass is 367 g/mol. The first-order valence-corrected chi connectivity index (χ1v) is 9.48. The van der Waals surface area contributed by atoms with Gasteiger partial charge in [-0.2, -0.15) is 0 Å². The second-order valence-corrected chi connectivity index (χ2v) is 7.29. The van der Waals surface area contributed by atoms with Gasteiger partial charge in [0.15, 0.2) is 0 Å². The number of benzene rings is 2. The van der Waals surface area contributed by atoms with Crippen LogP contribution >= 0.6 is 0 Å². The molecule has 1 aliphatic rings. The highest BCUT2D eigenvalue weighted by Crippen LogP contribution is 2.22. The number of anilines is 1. The van der Waals surface area contributed by atoms with Gasteiger partial charge in [0, 0.05) is 44.0 Å². The molecule has 0 atom stereocenters. The Morgan fingerprint density at radius 3 is 2.41 bits per heavy atom. The van der Waals surface area contributed by atoms with Crippen LogP contribution in [-0.4, -0.2) is 55.5 Å². The molecule has 0 spiro atoms. The van der Waals surface area contributed by atoms with E-state index in [1.807, 2.05) is 37.3 Å². The predicted molar refractivity (Wildman–Crippen MR) is 109 cm³/mol. The van der Waals surface area contributed by atoms with E-state index in [1.165, 1.54) is 11.1 Å². The first kappa shape index (κ1) is 19.4. The lowest BCUT2D eigenvalue weighted by Gasteiger charge is -2.34. The molecule has 1 fully saturated rings. The molecule has 1 saturated heterocycles. The fourth-order valence-electron chi connectivity index (χ4n) is 3.50. The molecule has 0 aromatic heterocycles. The lowest BCUT2D eigenvalue weighted by atomic mass is 10.1. The predicted octanol–water partition coefficient (Wildman–Crippen LogP) is 3.07. The zero-order valence-corrected chi connectivity index (χ0v) is 16.5. The largest absolute Gasteiger partial charge is 0.496 e. The summed E-state index contributed by atoms with van der Waals surface area (Å²) >= 11 is 0. The highest BCUT2D eigenvalue weighted by Gasteiger charge is 2.20. The fourth-order valence-corrected chi connectivity index (χ4v) is 3.50. The number of piperazine rings is 1. The van der Waals surface area contributed by atoms with E-state index in [-0.39, 0.29) is 5.91 Å². The molecule has 0 aliphatic carbocycles. The van der Waals surface area contributed by atoms with Crippen molar-refractivity contribution in [2.24, 2.45) is 0 Å². The van der Waals surface area contributed by atoms with Gasteiger partial charge in [-0.3, -0.25) is 14.6 Å². The number of hydrogen-bond acceptors (Lipinski definition) is 4. The number of hydrogen-bond donors (Lipinski definition) is 1. The van der Waals surface area contributed by atoms with E-state index in [0.29, 0.717) is 6.54 Å². The number of amides is 1. The van der Waals surface area contributed by atoms with Crippen LogP contribution in [0.5, 0.6) is 5.75 Å². The molecule has 2 aromatic carbocycles. The molecule has 0 radical (unpaired) electrons. The lowest BCUT2D eigenvalue weighted by Crippen LogP contribution is -2.48. The van der Waals surface area contributed by atoms with Crippen LogP contribution in [0.1, 0.15) is 16.7 Å². The number of nitrogens with zero attached hydrogens (tertiary/aromatic N) is 2. The van der Waals surface area contributed by atoms with E-state index in [1.54, 1.807) is 7.11 Å². The molecule has 1 N–H and O–H groups in total. The van der Waals surface area contributed by atoms with E-state index < -0.39 is 0 Å². The van der Waals surface area contributed by atoms with Gasteiger partial charge in [0.1, 0.15) is 5.75 Å². The van der Waals surface area contributed by atoms with E-state index in [9.17, 15) is 4.79 Å². The van der Waals surface area contributed by atoms with Gasteiger partial charge < -0.3 is 10.1 Å². The number of ether oxygens (including phenoxy) is 1. The third-order valence-corrected chi connectivity index (χ3v) is 4.96. The van der Waals surface area contributed by atoms with Crippen LogP contribution in [0.3, 0.4) is 0 Å². The molecule has 5 nitrogen and oxygen atoms in total. The quantitative estimate of drug-likeness (QED) is 0.852. The van der Waals surface area contributed by atoms with Crippen molar-refractivity contribution in [3.63, 3.8) is 0 Å². The van der Waals surface area contributed by atoms with Crippen molar-refractivity contribution in [3.8, 4) is 5.75 Å². The maximum atomic E-state index is 12.3. The summed E-state index contributed by atoms with van der Waals surface area (Å²) in [7, 11) is 1.72. The zero-order chi connectivity index (χ0) is 19.2. The van der Waals surface area contributed by atoms with Crippen molar-refractivity contribution >= 4 is 11.6 Å². The molecular formula is C22H29N3O2. The number of carbonyl (C=O) groups is 1. The Labute approximate surface area is 161 Å². The minimum Gasteiger partial charge on any atom is -0.496 e. The van der Waals surface area contributed by atoms with Gasteiger partial charge in [0.05, 0.1) is 13.7 Å². The number of aryl methyl sites for hydroxylation is 2. The van der Waals surface area contributed by atoms with Crippen LogP contribution in [0.15, 0.2) is 42.5 Å². The van der Waals surface area contributed by atoms with Gasteiger partial charge in [0.25, 0.3) is 0 Å². The van der Waals surface area contributed by atoms with Crippen LogP contribution in [-0.2, 0) is 11.3 Å². The second kappa shape index (κ2) is 9.02. The summed E-state index contributed by atoms with van der Waals surface area (Å²) in [4.78, 5) is 16.9. The normalized spacial score (nSPS) is 15.5. The van der Waals surface area contributed by atoms with Gasteiger partial charge in [-0.25, -0.2) is 0 Å². The van der Waals surface area contributed by atoms with Crippen LogP contribution in [0, 0.1) is 13.8 Å². The SMILES string of the molecule is COc1ccc(C)cc1CN1CCN(CC(=O)Nc2cccc(C)c2)CC1. The summed E-state index contributed by atoms with van der Waals surface area (Å²) < 4.78 is 5.49. The highest BCUT2D eigenvalue weighted by molar-refractivity contribution is 5.92. The fraction of sp³-hybridized carbons (Fsp3) is 0.409. The van der Waals surface area contributed by atoms with Gasteiger partial charge in [-0.15, -0.1) is 0 Å². The second-order valence-electron chi connectivity index (χ2n) is 7.29. The summed E-state index contributed by atoms with van der Waals surface area (Å²) in [5.74, 6) is 0.995. The van der Waals surface area contributed by atoms with E-state index in [2.05, 4.69) is 34.2 Å². The van der Waals surface area contributed by atoms with Crippen LogP contribution < -0.4 is 10.1 Å². The van der Waals surface area contributed by atoms with E-state index >= 15 is 0 Å². The van der Waals surface area contributed by atoms with E-state index in [0.717, 1.165) is 49.7 Å². The van der Waals surface area contributed by atoms with Crippen LogP contribution in [0.4, 0.5) is 5.69 Å². The number of carbonyl (C=O) groups excluding carboxylic acids is 1. The molecule has 0 unspecified atom stereocenters. The van der Waals surface area contributed by atoms with Gasteiger partial charge in [-0.05, 0) is 37.6 Å². The van der Waals surface area contributed by atoms with E-state index in [4.69, 9.17) is 4.74 Å². The summed E-state index contributed by atoms with van der Waals surface area (Å²) in [5.41, 5.74) is 4.48. The first-order valence-electron chi connectivity index (χ1n) is 9.48. The van der Waals surface area contributed by atoms with Crippen LogP contribution in [0.2, 0.25) is 0 Å². The summed E-state index contributed by atoms with van der Waals surface area (Å²) in [6.07, 6.45) is 0. The van der Waals surface area contributed by atoms with Crippen molar-refractivity contribution in [1.82, 2.24) is 9.80 Å². The molecule has 1 amide bonds. The van der Waals surface area contributed by atoms with Gasteiger partial charge >= 0.3 is 0 Å². The molecule has 3 rings (SSSR count). The Bertz CT molecular complexity index is 783. The Hall–Kier alpha value is -2.37. The standard InChI is InChI=1S/C22H29N3O2/c1-17-5-4-6-20(14-17)23-22(26)16-25-11-9-24(10-12-25)15-19-13-18(2)7-8-21(19)27-3/h4-8,13-14H,9-12,15-16H2,1-3H3,(H,23,26). The Balaban J connectivity index is 1.47. The number of methoxy groups -OCH3 is 1. The molecule has 0 bridgehead atoms. The maximum Gasteiger partial charge on any atom is 0.238 e. The summed E-state index contributed by atoms with van der Waals surface area (Å²) in [5, 5.41) is 2.99. The van der Waals surface area contributed by atoms with Crippen molar-refractivity contribution in [2.75, 3.05) is 45.2 Å². The molecule has 5 heteroatoms. The molecule has 1 aliphatic heterocycles.